The van der Waals surface area contributed by atoms with E-state index in [1.54, 1.807) is 34.9 Å². The zero-order valence-electron chi connectivity index (χ0n) is 16.8. The van der Waals surface area contributed by atoms with Crippen LogP contribution in [0.3, 0.4) is 0 Å². The van der Waals surface area contributed by atoms with Crippen molar-refractivity contribution >= 4 is 40.9 Å². The van der Waals surface area contributed by atoms with Crippen LogP contribution in [0.4, 0.5) is 5.69 Å². The number of anilines is 1. The molecule has 0 saturated heterocycles. The molecule has 2 aromatic carbocycles. The Kier molecular flexibility index (Phi) is 7.12. The maximum atomic E-state index is 12.3. The standard InChI is InChI=1S/C21H22ClN5O2S/c1-13-11-16(22)9-10-17(13)24-18(28)12-30-21-26-25-19(27(21)3)14(2)23-20(29)15-7-5-4-6-8-15/h4-11,14H,12H2,1-3H3,(H,23,29)(H,24,28)/t14-/m0/s1. The molecule has 2 amide bonds. The van der Waals surface area contributed by atoms with Crippen molar-refractivity contribution < 1.29 is 9.59 Å². The Hall–Kier alpha value is -2.84. The summed E-state index contributed by atoms with van der Waals surface area (Å²) in [5, 5.41) is 15.3. The molecule has 1 atom stereocenters. The summed E-state index contributed by atoms with van der Waals surface area (Å²) in [5.41, 5.74) is 2.20. The van der Waals surface area contributed by atoms with Gasteiger partial charge in [0.25, 0.3) is 5.91 Å². The Bertz CT molecular complexity index is 1050. The lowest BCUT2D eigenvalue weighted by Crippen LogP contribution is -2.28. The van der Waals surface area contributed by atoms with Gasteiger partial charge >= 0.3 is 0 Å². The molecule has 1 aromatic heterocycles. The minimum Gasteiger partial charge on any atom is -0.342 e. The van der Waals surface area contributed by atoms with E-state index >= 15 is 0 Å². The fourth-order valence-electron chi connectivity index (χ4n) is 2.85. The average molecular weight is 444 g/mol. The molecular formula is C21H22ClN5O2S. The van der Waals surface area contributed by atoms with Crippen molar-refractivity contribution in [3.8, 4) is 0 Å². The molecule has 3 aromatic rings. The van der Waals surface area contributed by atoms with Gasteiger partial charge in [-0.15, -0.1) is 10.2 Å². The van der Waals surface area contributed by atoms with Crippen LogP contribution in [0.25, 0.3) is 0 Å². The van der Waals surface area contributed by atoms with Gasteiger partial charge < -0.3 is 15.2 Å². The molecule has 0 bridgehead atoms. The molecule has 156 valence electrons. The fraction of sp³-hybridized carbons (Fsp3) is 0.238. The molecule has 0 unspecified atom stereocenters. The van der Waals surface area contributed by atoms with Crippen LogP contribution in [0.15, 0.2) is 53.7 Å². The summed E-state index contributed by atoms with van der Waals surface area (Å²) >= 11 is 7.22. The highest BCUT2D eigenvalue weighted by Crippen LogP contribution is 2.22. The van der Waals surface area contributed by atoms with E-state index in [-0.39, 0.29) is 23.6 Å². The van der Waals surface area contributed by atoms with E-state index in [0.717, 1.165) is 11.3 Å². The van der Waals surface area contributed by atoms with E-state index in [0.29, 0.717) is 21.6 Å². The Morgan fingerprint density at radius 1 is 1.17 bits per heavy atom. The second-order valence-corrected chi connectivity index (χ2v) is 8.14. The van der Waals surface area contributed by atoms with Crippen LogP contribution in [0.5, 0.6) is 0 Å². The lowest BCUT2D eigenvalue weighted by atomic mass is 10.2. The molecule has 7 nitrogen and oxygen atoms in total. The van der Waals surface area contributed by atoms with Gasteiger partial charge in [-0.1, -0.05) is 41.6 Å². The number of amides is 2. The summed E-state index contributed by atoms with van der Waals surface area (Å²) < 4.78 is 1.78. The molecule has 30 heavy (non-hydrogen) atoms. The van der Waals surface area contributed by atoms with Crippen LogP contribution in [0.2, 0.25) is 5.02 Å². The van der Waals surface area contributed by atoms with Gasteiger partial charge in [-0.25, -0.2) is 0 Å². The van der Waals surface area contributed by atoms with Gasteiger partial charge in [0, 0.05) is 23.3 Å². The number of thioether (sulfide) groups is 1. The number of aryl methyl sites for hydroxylation is 1. The van der Waals surface area contributed by atoms with Crippen molar-refractivity contribution in [3.05, 3.63) is 70.5 Å². The Labute approximate surface area is 184 Å². The fourth-order valence-corrected chi connectivity index (χ4v) is 3.79. The maximum absolute atomic E-state index is 12.3. The molecule has 0 spiro atoms. The maximum Gasteiger partial charge on any atom is 0.251 e. The number of carbonyl (C=O) groups excluding carboxylic acids is 2. The molecule has 2 N–H and O–H groups in total. The highest BCUT2D eigenvalue weighted by Gasteiger charge is 2.19. The SMILES string of the molecule is Cc1cc(Cl)ccc1NC(=O)CSc1nnc([C@H](C)NC(=O)c2ccccc2)n1C. The minimum atomic E-state index is -0.338. The quantitative estimate of drug-likeness (QED) is 0.539. The van der Waals surface area contributed by atoms with E-state index < -0.39 is 0 Å². The van der Waals surface area contributed by atoms with Crippen LogP contribution in [0, 0.1) is 6.92 Å². The normalized spacial score (nSPS) is 11.7. The highest BCUT2D eigenvalue weighted by atomic mass is 35.5. The Morgan fingerprint density at radius 2 is 1.90 bits per heavy atom. The van der Waals surface area contributed by atoms with E-state index in [2.05, 4.69) is 20.8 Å². The second kappa shape index (κ2) is 9.77. The van der Waals surface area contributed by atoms with Gasteiger partial charge in [0.15, 0.2) is 11.0 Å². The predicted molar refractivity (Wildman–Crippen MR) is 119 cm³/mol. The van der Waals surface area contributed by atoms with Crippen molar-refractivity contribution in [3.63, 3.8) is 0 Å². The van der Waals surface area contributed by atoms with E-state index in [1.165, 1.54) is 11.8 Å². The van der Waals surface area contributed by atoms with Crippen LogP contribution < -0.4 is 10.6 Å². The zero-order chi connectivity index (χ0) is 21.7. The number of nitrogens with zero attached hydrogens (tertiary/aromatic N) is 3. The Morgan fingerprint density at radius 3 is 2.60 bits per heavy atom. The summed E-state index contributed by atoms with van der Waals surface area (Å²) in [6.07, 6.45) is 0. The highest BCUT2D eigenvalue weighted by molar-refractivity contribution is 7.99. The van der Waals surface area contributed by atoms with Crippen LogP contribution in [-0.2, 0) is 11.8 Å². The number of rotatable bonds is 7. The molecule has 0 aliphatic rings. The molecule has 0 aliphatic carbocycles. The van der Waals surface area contributed by atoms with Gasteiger partial charge in [0.05, 0.1) is 11.8 Å². The van der Waals surface area contributed by atoms with Gasteiger partial charge in [0.2, 0.25) is 5.91 Å². The molecule has 9 heteroatoms. The summed E-state index contributed by atoms with van der Waals surface area (Å²) in [6, 6.07) is 14.0. The first-order valence-corrected chi connectivity index (χ1v) is 10.7. The van der Waals surface area contributed by atoms with Crippen LogP contribution in [-0.4, -0.2) is 32.3 Å². The zero-order valence-corrected chi connectivity index (χ0v) is 18.4. The van der Waals surface area contributed by atoms with Crippen LogP contribution >= 0.6 is 23.4 Å². The number of hydrogen-bond acceptors (Lipinski definition) is 5. The van der Waals surface area contributed by atoms with Crippen molar-refractivity contribution in [1.82, 2.24) is 20.1 Å². The Balaban J connectivity index is 1.58. The number of nitrogens with one attached hydrogen (secondary N) is 2. The summed E-state index contributed by atoms with van der Waals surface area (Å²) in [5.74, 6) is 0.452. The largest absolute Gasteiger partial charge is 0.342 e. The first kappa shape index (κ1) is 21.9. The molecule has 1 heterocycles. The van der Waals surface area contributed by atoms with Crippen molar-refractivity contribution in [1.29, 1.82) is 0 Å². The van der Waals surface area contributed by atoms with Gasteiger partial charge in [0.1, 0.15) is 0 Å². The molecule has 0 radical (unpaired) electrons. The molecule has 0 fully saturated rings. The third kappa shape index (κ3) is 5.40. The van der Waals surface area contributed by atoms with Crippen molar-refractivity contribution in [2.24, 2.45) is 7.05 Å². The molecule has 0 aliphatic heterocycles. The van der Waals surface area contributed by atoms with Crippen molar-refractivity contribution in [2.45, 2.75) is 25.0 Å². The van der Waals surface area contributed by atoms with Gasteiger partial charge in [-0.2, -0.15) is 0 Å². The lowest BCUT2D eigenvalue weighted by molar-refractivity contribution is -0.113. The van der Waals surface area contributed by atoms with Crippen molar-refractivity contribution in [2.75, 3.05) is 11.1 Å². The third-order valence-electron chi connectivity index (χ3n) is 4.43. The monoisotopic (exact) mass is 443 g/mol. The molecular weight excluding hydrogens is 422 g/mol. The lowest BCUT2D eigenvalue weighted by Gasteiger charge is -2.13. The predicted octanol–water partition coefficient (Wildman–Crippen LogP) is 4.00. The summed E-state index contributed by atoms with van der Waals surface area (Å²) in [4.78, 5) is 24.6. The number of carbonyl (C=O) groups is 2. The third-order valence-corrected chi connectivity index (χ3v) is 5.69. The average Bonchev–Trinajstić information content (AvgIpc) is 3.09. The van der Waals surface area contributed by atoms with E-state index in [4.69, 9.17) is 11.6 Å². The molecule has 3 rings (SSSR count). The summed E-state index contributed by atoms with van der Waals surface area (Å²) in [7, 11) is 1.81. The molecule has 0 saturated carbocycles. The summed E-state index contributed by atoms with van der Waals surface area (Å²) in [6.45, 7) is 3.73. The van der Waals surface area contributed by atoms with Gasteiger partial charge in [-0.05, 0) is 49.7 Å². The number of aromatic nitrogens is 3. The van der Waals surface area contributed by atoms with Gasteiger partial charge in [-0.3, -0.25) is 9.59 Å². The van der Waals surface area contributed by atoms with Crippen LogP contribution in [0.1, 0.15) is 34.7 Å². The first-order chi connectivity index (χ1) is 14.3. The van der Waals surface area contributed by atoms with E-state index in [9.17, 15) is 9.59 Å². The smallest absolute Gasteiger partial charge is 0.251 e. The number of hydrogen-bond donors (Lipinski definition) is 2. The second-order valence-electron chi connectivity index (χ2n) is 6.76. The minimum absolute atomic E-state index is 0.152. The van der Waals surface area contributed by atoms with E-state index in [1.807, 2.05) is 39.1 Å². The topological polar surface area (TPSA) is 88.9 Å². The number of benzene rings is 2. The number of halogens is 1. The first-order valence-electron chi connectivity index (χ1n) is 9.29.